The molecule has 0 spiro atoms. The van der Waals surface area contributed by atoms with E-state index >= 15 is 0 Å². The number of ether oxygens (including phenoxy) is 1. The quantitative estimate of drug-likeness (QED) is 0.587. The number of benzene rings is 2. The minimum Gasteiger partial charge on any atom is -0.457 e. The van der Waals surface area contributed by atoms with Crippen molar-refractivity contribution in [1.29, 1.82) is 0 Å². The maximum atomic E-state index is 12.1. The van der Waals surface area contributed by atoms with Crippen LogP contribution in [0.3, 0.4) is 0 Å². The Hall–Kier alpha value is -3.45. The number of hydrogen-bond acceptors (Lipinski definition) is 6. The van der Waals surface area contributed by atoms with Gasteiger partial charge in [-0.1, -0.05) is 18.2 Å². The molecule has 2 N–H and O–H groups in total. The van der Waals surface area contributed by atoms with Crippen molar-refractivity contribution in [2.45, 2.75) is 18.4 Å². The predicted molar refractivity (Wildman–Crippen MR) is 115 cm³/mol. The molecule has 0 bridgehead atoms. The van der Waals surface area contributed by atoms with Gasteiger partial charge in [0.25, 0.3) is 0 Å². The maximum Gasteiger partial charge on any atom is 0.156 e. The van der Waals surface area contributed by atoms with Crippen molar-refractivity contribution in [2.24, 2.45) is 0 Å². The van der Waals surface area contributed by atoms with Gasteiger partial charge in [-0.05, 0) is 62.3 Å². The molecule has 7 heteroatoms. The summed E-state index contributed by atoms with van der Waals surface area (Å²) in [6.07, 6.45) is 2.98. The Morgan fingerprint density at radius 3 is 2.30 bits per heavy atom. The van der Waals surface area contributed by atoms with E-state index in [1.54, 1.807) is 11.7 Å². The van der Waals surface area contributed by atoms with Crippen LogP contribution >= 0.6 is 0 Å². The van der Waals surface area contributed by atoms with E-state index in [1.165, 1.54) is 0 Å². The third-order valence-electron chi connectivity index (χ3n) is 5.49. The molecular weight excluding hydrogens is 380 g/mol. The smallest absolute Gasteiger partial charge is 0.156 e. The highest BCUT2D eigenvalue weighted by Gasteiger charge is 2.38. The monoisotopic (exact) mass is 404 g/mol. The molecule has 0 unspecified atom stereocenters. The van der Waals surface area contributed by atoms with E-state index in [1.807, 2.05) is 54.6 Å². The third kappa shape index (κ3) is 3.59. The number of carbonyl (C=O) groups is 2. The number of nitrogens with zero attached hydrogens (tertiary/aromatic N) is 2. The third-order valence-corrected chi connectivity index (χ3v) is 5.49. The number of para-hydroxylation sites is 1. The number of piperidine rings is 1. The molecule has 0 atom stereocenters. The largest absolute Gasteiger partial charge is 0.457 e. The predicted octanol–water partition coefficient (Wildman–Crippen LogP) is 3.47. The first-order chi connectivity index (χ1) is 14.7. The first-order valence-corrected chi connectivity index (χ1v) is 9.97. The van der Waals surface area contributed by atoms with Crippen LogP contribution in [-0.2, 0) is 10.3 Å². The molecule has 0 saturated carbocycles. The summed E-state index contributed by atoms with van der Waals surface area (Å²) in [6, 6.07) is 16.9. The summed E-state index contributed by atoms with van der Waals surface area (Å²) < 4.78 is 7.53. The van der Waals surface area contributed by atoms with Crippen molar-refractivity contribution in [2.75, 3.05) is 25.5 Å². The van der Waals surface area contributed by atoms with Gasteiger partial charge in [-0.3, -0.25) is 4.79 Å². The van der Waals surface area contributed by atoms with Gasteiger partial charge in [-0.15, -0.1) is 0 Å². The molecular formula is C23H24N4O3. The minimum absolute atomic E-state index is 0.439. The zero-order chi connectivity index (χ0) is 21.0. The summed E-state index contributed by atoms with van der Waals surface area (Å²) in [5.74, 6) is 1.99. The summed E-state index contributed by atoms with van der Waals surface area (Å²) in [5.41, 5.74) is 0.993. The van der Waals surface area contributed by atoms with Crippen molar-refractivity contribution in [3.63, 3.8) is 0 Å². The Labute approximate surface area is 175 Å². The fraction of sp³-hybridized carbons (Fsp3) is 0.261. The lowest BCUT2D eigenvalue weighted by Gasteiger charge is -2.34. The summed E-state index contributed by atoms with van der Waals surface area (Å²) in [4.78, 5) is 24.1. The van der Waals surface area contributed by atoms with Crippen LogP contribution in [-0.4, -0.2) is 42.5 Å². The normalized spacial score (nSPS) is 15.4. The van der Waals surface area contributed by atoms with Crippen LogP contribution in [0.25, 0.3) is 11.3 Å². The number of anilines is 1. The second-order valence-electron chi connectivity index (χ2n) is 7.30. The van der Waals surface area contributed by atoms with Crippen molar-refractivity contribution in [3.05, 3.63) is 60.2 Å². The molecule has 1 aliphatic heterocycles. The Balaban J connectivity index is 1.71. The fourth-order valence-electron chi connectivity index (χ4n) is 3.86. The summed E-state index contributed by atoms with van der Waals surface area (Å²) in [7, 11) is 1.74. The van der Waals surface area contributed by atoms with E-state index in [4.69, 9.17) is 9.84 Å². The van der Waals surface area contributed by atoms with Crippen LogP contribution < -0.4 is 15.4 Å². The van der Waals surface area contributed by atoms with Gasteiger partial charge in [0.05, 0.1) is 5.56 Å². The molecule has 154 valence electrons. The van der Waals surface area contributed by atoms with Crippen LogP contribution in [0.2, 0.25) is 0 Å². The van der Waals surface area contributed by atoms with E-state index in [2.05, 4.69) is 10.6 Å². The lowest BCUT2D eigenvalue weighted by Crippen LogP contribution is -2.46. The highest BCUT2D eigenvalue weighted by Crippen LogP contribution is 2.35. The Morgan fingerprint density at radius 1 is 1.03 bits per heavy atom. The van der Waals surface area contributed by atoms with E-state index in [9.17, 15) is 9.59 Å². The molecule has 2 aromatic carbocycles. The van der Waals surface area contributed by atoms with Crippen LogP contribution in [0.1, 0.15) is 23.2 Å². The van der Waals surface area contributed by atoms with Crippen molar-refractivity contribution in [1.82, 2.24) is 15.1 Å². The average molecular weight is 404 g/mol. The highest BCUT2D eigenvalue weighted by molar-refractivity contribution is 5.92. The Morgan fingerprint density at radius 2 is 1.70 bits per heavy atom. The van der Waals surface area contributed by atoms with E-state index in [0.29, 0.717) is 35.7 Å². The van der Waals surface area contributed by atoms with Crippen LogP contribution in [0.5, 0.6) is 11.5 Å². The van der Waals surface area contributed by atoms with Gasteiger partial charge >= 0.3 is 0 Å². The standard InChI is InChI=1S/C23H24N4O3/c1-24-22-20(15-28)21(26-27(22)23(16-29)11-13-25-14-12-23)17-7-9-19(10-8-17)30-18-5-3-2-4-6-18/h2-10,15-16,24-25H,11-14H2,1H3. The van der Waals surface area contributed by atoms with Crippen LogP contribution in [0.15, 0.2) is 54.6 Å². The minimum atomic E-state index is -0.768. The lowest BCUT2D eigenvalue weighted by molar-refractivity contribution is -0.116. The SMILES string of the molecule is CNc1c(C=O)c(-c2ccc(Oc3ccccc3)cc2)nn1C1(C=O)CCNCC1. The Bertz CT molecular complexity index is 1020. The number of carbonyl (C=O) groups excluding carboxylic acids is 2. The van der Waals surface area contributed by atoms with Gasteiger partial charge in [-0.2, -0.15) is 5.10 Å². The van der Waals surface area contributed by atoms with Crippen LogP contribution in [0, 0.1) is 0 Å². The van der Waals surface area contributed by atoms with Crippen molar-refractivity contribution >= 4 is 18.4 Å². The average Bonchev–Trinajstić information content (AvgIpc) is 3.20. The molecule has 0 amide bonds. The number of hydrogen-bond donors (Lipinski definition) is 2. The van der Waals surface area contributed by atoms with Crippen molar-refractivity contribution < 1.29 is 14.3 Å². The van der Waals surface area contributed by atoms with E-state index < -0.39 is 5.54 Å². The topological polar surface area (TPSA) is 85.2 Å². The molecule has 0 radical (unpaired) electrons. The van der Waals surface area contributed by atoms with Gasteiger partial charge in [0.1, 0.15) is 34.8 Å². The second-order valence-corrected chi connectivity index (χ2v) is 7.30. The van der Waals surface area contributed by atoms with Crippen LogP contribution in [0.4, 0.5) is 5.82 Å². The van der Waals surface area contributed by atoms with Gasteiger partial charge in [-0.25, -0.2) is 4.68 Å². The van der Waals surface area contributed by atoms with Gasteiger partial charge in [0.2, 0.25) is 0 Å². The zero-order valence-corrected chi connectivity index (χ0v) is 16.8. The molecule has 2 heterocycles. The molecule has 1 fully saturated rings. The second kappa shape index (κ2) is 8.51. The Kier molecular flexibility index (Phi) is 5.63. The number of aldehydes is 2. The first-order valence-electron chi connectivity index (χ1n) is 9.97. The maximum absolute atomic E-state index is 12.1. The molecule has 1 aliphatic rings. The molecule has 3 aromatic rings. The van der Waals surface area contributed by atoms with Crippen molar-refractivity contribution in [3.8, 4) is 22.8 Å². The molecule has 30 heavy (non-hydrogen) atoms. The molecule has 7 nitrogen and oxygen atoms in total. The molecule has 1 saturated heterocycles. The first kappa shape index (κ1) is 19.8. The van der Waals surface area contributed by atoms with Gasteiger partial charge in [0.15, 0.2) is 6.29 Å². The molecule has 1 aromatic heterocycles. The highest BCUT2D eigenvalue weighted by atomic mass is 16.5. The fourth-order valence-corrected chi connectivity index (χ4v) is 3.86. The molecule has 0 aliphatic carbocycles. The van der Waals surface area contributed by atoms with Gasteiger partial charge < -0.3 is 20.2 Å². The lowest BCUT2D eigenvalue weighted by atomic mass is 9.90. The number of aromatic nitrogens is 2. The van der Waals surface area contributed by atoms with E-state index in [-0.39, 0.29) is 0 Å². The van der Waals surface area contributed by atoms with E-state index in [0.717, 1.165) is 37.0 Å². The number of rotatable bonds is 7. The zero-order valence-electron chi connectivity index (χ0n) is 16.8. The summed E-state index contributed by atoms with van der Waals surface area (Å²) in [6.45, 7) is 1.44. The number of nitrogens with one attached hydrogen (secondary N) is 2. The van der Waals surface area contributed by atoms with Gasteiger partial charge in [0, 0.05) is 12.6 Å². The summed E-state index contributed by atoms with van der Waals surface area (Å²) >= 11 is 0. The molecule has 4 rings (SSSR count). The summed E-state index contributed by atoms with van der Waals surface area (Å²) in [5, 5.41) is 11.1.